The normalized spacial score (nSPS) is 17.0. The van der Waals surface area contributed by atoms with Gasteiger partial charge in [0.15, 0.2) is 0 Å². The van der Waals surface area contributed by atoms with Gasteiger partial charge in [-0.1, -0.05) is 6.92 Å². The average Bonchev–Trinajstić information content (AvgIpc) is 2.13. The highest BCUT2D eigenvalue weighted by molar-refractivity contribution is 5.79. The molecule has 1 atom stereocenters. The molecule has 1 amide bonds. The van der Waals surface area contributed by atoms with Crippen molar-refractivity contribution >= 4 is 5.91 Å². The van der Waals surface area contributed by atoms with E-state index in [0.29, 0.717) is 5.92 Å². The predicted octanol–water partition coefficient (Wildman–Crippen LogP) is -0.282. The van der Waals surface area contributed by atoms with Crippen LogP contribution in [0, 0.1) is 34.5 Å². The molecule has 0 radical (unpaired) electrons. The van der Waals surface area contributed by atoms with E-state index >= 15 is 0 Å². The van der Waals surface area contributed by atoms with E-state index in [-0.39, 0.29) is 24.9 Å². The number of nitrogens with zero attached hydrogens (tertiary/aromatic N) is 3. The third-order valence-electron chi connectivity index (χ3n) is 2.74. The Morgan fingerprint density at radius 2 is 2.00 bits per heavy atom. The van der Waals surface area contributed by atoms with Crippen molar-refractivity contribution in [2.75, 3.05) is 26.2 Å². The highest BCUT2D eigenvalue weighted by Crippen LogP contribution is 2.18. The molecule has 0 aliphatic carbocycles. The minimum atomic E-state index is -0.104. The molecule has 0 aromatic heterocycles. The summed E-state index contributed by atoms with van der Waals surface area (Å²) in [4.78, 5) is 13.2. The molecule has 5 nitrogen and oxygen atoms in total. The third kappa shape index (κ3) is 2.68. The number of nitriles is 2. The Morgan fingerprint density at radius 3 is 2.33 bits per heavy atom. The summed E-state index contributed by atoms with van der Waals surface area (Å²) in [5, 5.41) is 20.2. The second-order valence-corrected chi connectivity index (χ2v) is 3.72. The third-order valence-corrected chi connectivity index (χ3v) is 2.74. The van der Waals surface area contributed by atoms with Crippen LogP contribution in [0.3, 0.4) is 0 Å². The zero-order valence-corrected chi connectivity index (χ0v) is 8.73. The van der Waals surface area contributed by atoms with Gasteiger partial charge in [0.25, 0.3) is 0 Å². The number of hydrogen-bond donors (Lipinski definition) is 1. The van der Waals surface area contributed by atoms with Crippen LogP contribution in [-0.4, -0.2) is 37.0 Å². The van der Waals surface area contributed by atoms with Crippen LogP contribution >= 0.6 is 0 Å². The molecule has 1 unspecified atom stereocenters. The molecular weight excluding hydrogens is 192 g/mol. The number of nitrogens with one attached hydrogen (secondary N) is 1. The van der Waals surface area contributed by atoms with Gasteiger partial charge in [0.1, 0.15) is 13.1 Å². The highest BCUT2D eigenvalue weighted by atomic mass is 16.2. The van der Waals surface area contributed by atoms with Gasteiger partial charge in [0, 0.05) is 5.92 Å². The van der Waals surface area contributed by atoms with Gasteiger partial charge in [-0.2, -0.15) is 10.5 Å². The molecule has 1 aliphatic rings. The van der Waals surface area contributed by atoms with E-state index in [1.54, 1.807) is 0 Å². The Morgan fingerprint density at radius 1 is 1.47 bits per heavy atom. The molecule has 1 N–H and O–H groups in total. The van der Waals surface area contributed by atoms with Crippen LogP contribution in [-0.2, 0) is 4.79 Å². The van der Waals surface area contributed by atoms with Gasteiger partial charge < -0.3 is 10.2 Å². The largest absolute Gasteiger partial charge is 0.316 e. The topological polar surface area (TPSA) is 79.9 Å². The molecule has 1 saturated heterocycles. The van der Waals surface area contributed by atoms with Crippen LogP contribution < -0.4 is 5.32 Å². The van der Waals surface area contributed by atoms with Gasteiger partial charge in [0.05, 0.1) is 12.1 Å². The molecule has 0 aromatic carbocycles. The molecule has 15 heavy (non-hydrogen) atoms. The first kappa shape index (κ1) is 11.5. The molecular formula is C10H14N4O. The maximum atomic E-state index is 11.9. The zero-order valence-electron chi connectivity index (χ0n) is 8.73. The second kappa shape index (κ2) is 5.33. The van der Waals surface area contributed by atoms with Gasteiger partial charge in [-0.25, -0.2) is 0 Å². The van der Waals surface area contributed by atoms with Crippen LogP contribution in [0.2, 0.25) is 0 Å². The quantitative estimate of drug-likeness (QED) is 0.641. The summed E-state index contributed by atoms with van der Waals surface area (Å²) in [7, 11) is 0. The Kier molecular flexibility index (Phi) is 4.08. The fourth-order valence-corrected chi connectivity index (χ4v) is 1.54. The number of amides is 1. The monoisotopic (exact) mass is 206 g/mol. The van der Waals surface area contributed by atoms with Gasteiger partial charge in [-0.15, -0.1) is 0 Å². The average molecular weight is 206 g/mol. The molecule has 5 heteroatoms. The van der Waals surface area contributed by atoms with Gasteiger partial charge in [-0.05, 0) is 19.0 Å². The van der Waals surface area contributed by atoms with Crippen LogP contribution in [0.4, 0.5) is 0 Å². The minimum absolute atomic E-state index is 0.00309. The smallest absolute Gasteiger partial charge is 0.227 e. The number of rotatable bonds is 4. The van der Waals surface area contributed by atoms with Crippen molar-refractivity contribution in [1.82, 2.24) is 10.2 Å². The lowest BCUT2D eigenvalue weighted by Crippen LogP contribution is -2.50. The Hall–Kier alpha value is -1.59. The fourth-order valence-electron chi connectivity index (χ4n) is 1.54. The van der Waals surface area contributed by atoms with E-state index in [9.17, 15) is 4.79 Å². The molecule has 0 spiro atoms. The van der Waals surface area contributed by atoms with Crippen LogP contribution in [0.25, 0.3) is 0 Å². The first-order valence-electron chi connectivity index (χ1n) is 4.94. The Labute approximate surface area is 89.3 Å². The first-order valence-corrected chi connectivity index (χ1v) is 4.94. The fraction of sp³-hybridized carbons (Fsp3) is 0.700. The summed E-state index contributed by atoms with van der Waals surface area (Å²) in [5.41, 5.74) is 0. The van der Waals surface area contributed by atoms with Crippen molar-refractivity contribution < 1.29 is 4.79 Å². The van der Waals surface area contributed by atoms with Gasteiger partial charge in [-0.3, -0.25) is 4.79 Å². The van der Waals surface area contributed by atoms with Crippen molar-refractivity contribution in [3.63, 3.8) is 0 Å². The summed E-state index contributed by atoms with van der Waals surface area (Å²) < 4.78 is 0. The van der Waals surface area contributed by atoms with Crippen molar-refractivity contribution in [1.29, 1.82) is 10.5 Å². The van der Waals surface area contributed by atoms with E-state index in [0.717, 1.165) is 13.1 Å². The molecule has 1 fully saturated rings. The standard InChI is InChI=1S/C10H14N4O/c1-8(9-6-13-7-9)10(15)14(4-2-11)5-3-12/h8-9,13H,4-7H2,1H3. The van der Waals surface area contributed by atoms with Crippen LogP contribution in [0.15, 0.2) is 0 Å². The molecule has 0 bridgehead atoms. The predicted molar refractivity (Wildman–Crippen MR) is 53.3 cm³/mol. The van der Waals surface area contributed by atoms with E-state index in [1.807, 2.05) is 19.1 Å². The van der Waals surface area contributed by atoms with Crippen LogP contribution in [0.1, 0.15) is 6.92 Å². The zero-order chi connectivity index (χ0) is 11.3. The van der Waals surface area contributed by atoms with Crippen molar-refractivity contribution in [2.24, 2.45) is 11.8 Å². The lowest BCUT2D eigenvalue weighted by Gasteiger charge is -2.33. The SMILES string of the molecule is CC(C(=O)N(CC#N)CC#N)C1CNC1. The summed E-state index contributed by atoms with van der Waals surface area (Å²) in [6.07, 6.45) is 0. The maximum absolute atomic E-state index is 11.9. The number of hydrogen-bond acceptors (Lipinski definition) is 4. The molecule has 0 saturated carbocycles. The van der Waals surface area contributed by atoms with Crippen molar-refractivity contribution in [2.45, 2.75) is 6.92 Å². The minimum Gasteiger partial charge on any atom is -0.316 e. The summed E-state index contributed by atoms with van der Waals surface area (Å²) >= 11 is 0. The highest BCUT2D eigenvalue weighted by Gasteiger charge is 2.31. The van der Waals surface area contributed by atoms with E-state index in [4.69, 9.17) is 10.5 Å². The molecule has 80 valence electrons. The van der Waals surface area contributed by atoms with Gasteiger partial charge >= 0.3 is 0 Å². The molecule has 0 aromatic rings. The summed E-state index contributed by atoms with van der Waals surface area (Å²) in [6, 6.07) is 3.80. The second-order valence-electron chi connectivity index (χ2n) is 3.72. The Bertz CT molecular complexity index is 294. The number of carbonyl (C=O) groups is 1. The molecule has 1 aliphatic heterocycles. The van der Waals surface area contributed by atoms with E-state index < -0.39 is 0 Å². The van der Waals surface area contributed by atoms with Crippen molar-refractivity contribution in [3.8, 4) is 12.1 Å². The summed E-state index contributed by atoms with van der Waals surface area (Å²) in [6.45, 7) is 3.54. The van der Waals surface area contributed by atoms with Crippen molar-refractivity contribution in [3.05, 3.63) is 0 Å². The van der Waals surface area contributed by atoms with Crippen LogP contribution in [0.5, 0.6) is 0 Å². The summed E-state index contributed by atoms with van der Waals surface area (Å²) in [5.74, 6) is 0.148. The number of carbonyl (C=O) groups excluding carboxylic acids is 1. The molecule has 1 rings (SSSR count). The van der Waals surface area contributed by atoms with Gasteiger partial charge in [0.2, 0.25) is 5.91 Å². The van der Waals surface area contributed by atoms with E-state index in [1.165, 1.54) is 4.90 Å². The lowest BCUT2D eigenvalue weighted by atomic mass is 9.88. The lowest BCUT2D eigenvalue weighted by molar-refractivity contribution is -0.136. The maximum Gasteiger partial charge on any atom is 0.227 e. The van der Waals surface area contributed by atoms with E-state index in [2.05, 4.69) is 5.32 Å². The molecule has 1 heterocycles. The Balaban J connectivity index is 2.54. The first-order chi connectivity index (χ1) is 7.20.